The van der Waals surface area contributed by atoms with Gasteiger partial charge in [-0.25, -0.2) is 13.2 Å². The van der Waals surface area contributed by atoms with Gasteiger partial charge in [-0.05, 0) is 36.2 Å². The Morgan fingerprint density at radius 3 is 2.00 bits per heavy atom. The Labute approximate surface area is 108 Å². The molecule has 0 aliphatic rings. The third-order valence-corrected chi connectivity index (χ3v) is 3.21. The van der Waals surface area contributed by atoms with Gasteiger partial charge in [0.15, 0.2) is 0 Å². The molecule has 2 rings (SSSR count). The molecule has 94 valence electrons. The molecule has 0 saturated heterocycles. The summed E-state index contributed by atoms with van der Waals surface area (Å²) in [5.41, 5.74) is 1.40. The van der Waals surface area contributed by atoms with Gasteiger partial charge in [0.05, 0.1) is 5.38 Å². The molecule has 1 atom stereocenters. The Balaban J connectivity index is 2.44. The molecule has 0 spiro atoms. The van der Waals surface area contributed by atoms with Gasteiger partial charge >= 0.3 is 0 Å². The molecular formula is C14H10ClF3. The highest BCUT2D eigenvalue weighted by molar-refractivity contribution is 6.22. The number of alkyl halides is 1. The minimum absolute atomic E-state index is 0.174. The summed E-state index contributed by atoms with van der Waals surface area (Å²) in [5.74, 6) is -1.74. The molecule has 2 aromatic rings. The zero-order chi connectivity index (χ0) is 13.3. The average molecular weight is 271 g/mol. The van der Waals surface area contributed by atoms with Crippen LogP contribution in [0.2, 0.25) is 0 Å². The van der Waals surface area contributed by atoms with Gasteiger partial charge < -0.3 is 0 Å². The lowest BCUT2D eigenvalue weighted by Gasteiger charge is -2.14. The molecule has 0 aromatic heterocycles. The first-order valence-corrected chi connectivity index (χ1v) is 5.78. The lowest BCUT2D eigenvalue weighted by molar-refractivity contribution is 0.573. The normalized spacial score (nSPS) is 12.5. The second-order valence-corrected chi connectivity index (χ2v) is 4.47. The standard InChI is InChI=1S/C14H10ClF3/c1-8-6-9(16)2-4-11(8)14(15)12-5-3-10(17)7-13(12)18/h2-7,14H,1H3. The lowest BCUT2D eigenvalue weighted by Crippen LogP contribution is -2.00. The van der Waals surface area contributed by atoms with Crippen molar-refractivity contribution in [2.45, 2.75) is 12.3 Å². The van der Waals surface area contributed by atoms with Crippen LogP contribution in [0, 0.1) is 24.4 Å². The SMILES string of the molecule is Cc1cc(F)ccc1C(Cl)c1ccc(F)cc1F. The fourth-order valence-electron chi connectivity index (χ4n) is 1.80. The van der Waals surface area contributed by atoms with Crippen molar-refractivity contribution in [2.24, 2.45) is 0 Å². The van der Waals surface area contributed by atoms with E-state index in [0.29, 0.717) is 11.1 Å². The van der Waals surface area contributed by atoms with Crippen LogP contribution in [0.15, 0.2) is 36.4 Å². The summed E-state index contributed by atoms with van der Waals surface area (Å²) in [4.78, 5) is 0. The monoisotopic (exact) mass is 270 g/mol. The first-order valence-electron chi connectivity index (χ1n) is 5.34. The van der Waals surface area contributed by atoms with Crippen LogP contribution in [-0.4, -0.2) is 0 Å². The Bertz CT molecular complexity index is 530. The Kier molecular flexibility index (Phi) is 3.62. The van der Waals surface area contributed by atoms with Gasteiger partial charge in [0.2, 0.25) is 0 Å². The van der Waals surface area contributed by atoms with Crippen LogP contribution in [0.5, 0.6) is 0 Å². The molecule has 2 aromatic carbocycles. The van der Waals surface area contributed by atoms with Crippen LogP contribution in [0.3, 0.4) is 0 Å². The number of rotatable bonds is 2. The number of aryl methyl sites for hydroxylation is 1. The van der Waals surface area contributed by atoms with Crippen LogP contribution in [0.4, 0.5) is 13.2 Å². The molecule has 0 N–H and O–H groups in total. The van der Waals surface area contributed by atoms with Crippen LogP contribution >= 0.6 is 11.6 Å². The molecule has 0 radical (unpaired) electrons. The van der Waals surface area contributed by atoms with E-state index in [4.69, 9.17) is 11.6 Å². The maximum Gasteiger partial charge on any atom is 0.131 e. The van der Waals surface area contributed by atoms with E-state index in [1.165, 1.54) is 24.3 Å². The number of hydrogen-bond acceptors (Lipinski definition) is 0. The lowest BCUT2D eigenvalue weighted by atomic mass is 9.99. The zero-order valence-corrected chi connectivity index (χ0v) is 10.3. The van der Waals surface area contributed by atoms with Crippen molar-refractivity contribution >= 4 is 11.6 Å². The van der Waals surface area contributed by atoms with E-state index in [9.17, 15) is 13.2 Å². The van der Waals surface area contributed by atoms with Gasteiger partial charge in [-0.2, -0.15) is 0 Å². The van der Waals surface area contributed by atoms with E-state index in [1.54, 1.807) is 6.92 Å². The molecule has 0 heterocycles. The molecule has 1 unspecified atom stereocenters. The van der Waals surface area contributed by atoms with Gasteiger partial charge in [0, 0.05) is 11.6 Å². The highest BCUT2D eigenvalue weighted by atomic mass is 35.5. The Morgan fingerprint density at radius 2 is 1.44 bits per heavy atom. The van der Waals surface area contributed by atoms with Crippen molar-refractivity contribution in [2.75, 3.05) is 0 Å². The summed E-state index contributed by atoms with van der Waals surface area (Å²) in [6.45, 7) is 1.69. The number of halogens is 4. The quantitative estimate of drug-likeness (QED) is 0.692. The van der Waals surface area contributed by atoms with Crippen molar-refractivity contribution in [1.82, 2.24) is 0 Å². The van der Waals surface area contributed by atoms with Crippen molar-refractivity contribution in [3.63, 3.8) is 0 Å². The third kappa shape index (κ3) is 2.51. The van der Waals surface area contributed by atoms with Gasteiger partial charge in [0.1, 0.15) is 17.5 Å². The van der Waals surface area contributed by atoms with E-state index in [-0.39, 0.29) is 11.4 Å². The van der Waals surface area contributed by atoms with Gasteiger partial charge in [-0.3, -0.25) is 0 Å². The van der Waals surface area contributed by atoms with E-state index in [1.807, 2.05) is 0 Å². The number of benzene rings is 2. The fraction of sp³-hybridized carbons (Fsp3) is 0.143. The molecule has 0 nitrogen and oxygen atoms in total. The third-order valence-electron chi connectivity index (χ3n) is 2.74. The smallest absolute Gasteiger partial charge is 0.131 e. The highest BCUT2D eigenvalue weighted by Gasteiger charge is 2.17. The summed E-state index contributed by atoms with van der Waals surface area (Å²) < 4.78 is 39.4. The molecule has 18 heavy (non-hydrogen) atoms. The predicted octanol–water partition coefficient (Wildman–Crippen LogP) is 4.74. The van der Waals surface area contributed by atoms with E-state index in [0.717, 1.165) is 12.1 Å². The molecule has 0 fully saturated rings. The summed E-state index contributed by atoms with van der Waals surface area (Å²) in [6.07, 6.45) is 0. The first-order chi connectivity index (χ1) is 8.49. The van der Waals surface area contributed by atoms with Gasteiger partial charge in [0.25, 0.3) is 0 Å². The minimum atomic E-state index is -0.772. The largest absolute Gasteiger partial charge is 0.207 e. The zero-order valence-electron chi connectivity index (χ0n) is 9.55. The van der Waals surface area contributed by atoms with Crippen LogP contribution in [-0.2, 0) is 0 Å². The number of hydrogen-bond donors (Lipinski definition) is 0. The Hall–Kier alpha value is -1.48. The minimum Gasteiger partial charge on any atom is -0.207 e. The van der Waals surface area contributed by atoms with Crippen molar-refractivity contribution in [3.05, 3.63) is 70.5 Å². The van der Waals surface area contributed by atoms with Gasteiger partial charge in [-0.15, -0.1) is 11.6 Å². The predicted molar refractivity (Wildman–Crippen MR) is 65.2 cm³/mol. The van der Waals surface area contributed by atoms with E-state index in [2.05, 4.69) is 0 Å². The average Bonchev–Trinajstić information content (AvgIpc) is 2.28. The summed E-state index contributed by atoms with van der Waals surface area (Å²) in [7, 11) is 0. The summed E-state index contributed by atoms with van der Waals surface area (Å²) in [5, 5.41) is -0.772. The van der Waals surface area contributed by atoms with Crippen LogP contribution in [0.1, 0.15) is 22.1 Å². The molecule has 0 bridgehead atoms. The van der Waals surface area contributed by atoms with Gasteiger partial charge in [-0.1, -0.05) is 12.1 Å². The van der Waals surface area contributed by atoms with Crippen LogP contribution < -0.4 is 0 Å². The fourth-order valence-corrected chi connectivity index (χ4v) is 2.22. The van der Waals surface area contributed by atoms with E-state index < -0.39 is 17.0 Å². The molecule has 0 aliphatic heterocycles. The second-order valence-electron chi connectivity index (χ2n) is 4.03. The summed E-state index contributed by atoms with van der Waals surface area (Å²) in [6, 6.07) is 7.32. The molecule has 0 amide bonds. The highest BCUT2D eigenvalue weighted by Crippen LogP contribution is 2.32. The van der Waals surface area contributed by atoms with Crippen LogP contribution in [0.25, 0.3) is 0 Å². The van der Waals surface area contributed by atoms with Crippen molar-refractivity contribution < 1.29 is 13.2 Å². The maximum absolute atomic E-state index is 13.6. The van der Waals surface area contributed by atoms with Crippen molar-refractivity contribution in [1.29, 1.82) is 0 Å². The Morgan fingerprint density at radius 1 is 0.889 bits per heavy atom. The first kappa shape index (κ1) is 13.0. The maximum atomic E-state index is 13.6. The molecule has 0 aliphatic carbocycles. The van der Waals surface area contributed by atoms with E-state index >= 15 is 0 Å². The molecule has 0 saturated carbocycles. The topological polar surface area (TPSA) is 0 Å². The van der Waals surface area contributed by atoms with Crippen molar-refractivity contribution in [3.8, 4) is 0 Å². The summed E-state index contributed by atoms with van der Waals surface area (Å²) >= 11 is 6.16. The second kappa shape index (κ2) is 5.02. The molecule has 4 heteroatoms. The molecular weight excluding hydrogens is 261 g/mol.